The van der Waals surface area contributed by atoms with Crippen LogP contribution < -0.4 is 19.5 Å². The van der Waals surface area contributed by atoms with Crippen LogP contribution in [0, 0.1) is 5.82 Å². The molecule has 1 aromatic heterocycles. The van der Waals surface area contributed by atoms with Gasteiger partial charge in [0.05, 0.1) is 21.0 Å². The van der Waals surface area contributed by atoms with Crippen LogP contribution in [0.15, 0.2) is 65.6 Å². The molecule has 0 aliphatic carbocycles. The van der Waals surface area contributed by atoms with Gasteiger partial charge >= 0.3 is 0 Å². The van der Waals surface area contributed by atoms with Crippen molar-refractivity contribution in [2.45, 2.75) is 4.90 Å². The van der Waals surface area contributed by atoms with Gasteiger partial charge < -0.3 is 14.8 Å². The van der Waals surface area contributed by atoms with Crippen LogP contribution in [0.1, 0.15) is 0 Å². The monoisotopic (exact) mass is 486 g/mol. The zero-order chi connectivity index (χ0) is 23.0. The van der Waals surface area contributed by atoms with Crippen molar-refractivity contribution in [3.05, 3.63) is 71.5 Å². The summed E-state index contributed by atoms with van der Waals surface area (Å²) in [6.45, 7) is 0.723. The van der Waals surface area contributed by atoms with Gasteiger partial charge in [0.15, 0.2) is 23.1 Å². The highest BCUT2D eigenvalue weighted by molar-refractivity contribution is 7.92. The van der Waals surface area contributed by atoms with E-state index in [0.29, 0.717) is 41.4 Å². The minimum Gasteiger partial charge on any atom is -0.486 e. The summed E-state index contributed by atoms with van der Waals surface area (Å²) in [4.78, 5) is 8.89. The minimum absolute atomic E-state index is 0.0301. The van der Waals surface area contributed by atoms with Crippen molar-refractivity contribution >= 4 is 50.0 Å². The topological polar surface area (TPSA) is 102 Å². The second kappa shape index (κ2) is 8.38. The van der Waals surface area contributed by atoms with Crippen molar-refractivity contribution in [1.29, 1.82) is 0 Å². The molecule has 0 spiro atoms. The van der Waals surface area contributed by atoms with Gasteiger partial charge in [0, 0.05) is 11.8 Å². The Kier molecular flexibility index (Phi) is 5.39. The SMILES string of the molecule is O=S(=O)(Nc1nc2ccccc2nc1Nc1ccc(F)c(Cl)c1)c1ccc2c(c1)OCCO2. The van der Waals surface area contributed by atoms with Gasteiger partial charge in [0.1, 0.15) is 19.0 Å². The molecular formula is C22H16ClFN4O4S. The number of para-hydroxylation sites is 2. The fraction of sp³-hybridized carbons (Fsp3) is 0.0909. The zero-order valence-electron chi connectivity index (χ0n) is 16.9. The molecule has 2 N–H and O–H groups in total. The maximum absolute atomic E-state index is 13.6. The second-order valence-corrected chi connectivity index (χ2v) is 9.16. The van der Waals surface area contributed by atoms with Gasteiger partial charge in [-0.2, -0.15) is 0 Å². The van der Waals surface area contributed by atoms with E-state index in [0.717, 1.165) is 0 Å². The number of nitrogens with one attached hydrogen (secondary N) is 2. The van der Waals surface area contributed by atoms with Crippen molar-refractivity contribution in [3.63, 3.8) is 0 Å². The van der Waals surface area contributed by atoms with Crippen molar-refractivity contribution in [2.24, 2.45) is 0 Å². The molecule has 0 saturated heterocycles. The van der Waals surface area contributed by atoms with E-state index in [4.69, 9.17) is 21.1 Å². The van der Waals surface area contributed by atoms with Crippen LogP contribution in [0.2, 0.25) is 5.02 Å². The number of ether oxygens (including phenoxy) is 2. The second-order valence-electron chi connectivity index (χ2n) is 7.07. The van der Waals surface area contributed by atoms with E-state index in [1.165, 1.54) is 36.4 Å². The number of halogens is 2. The van der Waals surface area contributed by atoms with Crippen LogP contribution in [0.4, 0.5) is 21.7 Å². The van der Waals surface area contributed by atoms with Crippen molar-refractivity contribution in [1.82, 2.24) is 9.97 Å². The molecular weight excluding hydrogens is 471 g/mol. The molecule has 0 unspecified atom stereocenters. The first-order valence-electron chi connectivity index (χ1n) is 9.80. The summed E-state index contributed by atoms with van der Waals surface area (Å²) < 4.78 is 53.3. The van der Waals surface area contributed by atoms with E-state index in [-0.39, 0.29) is 21.6 Å². The standard InChI is InChI=1S/C22H16ClFN4O4S/c23-15-11-13(5-7-16(15)24)25-21-22(27-18-4-2-1-3-17(18)26-21)28-33(29,30)14-6-8-19-20(12-14)32-10-9-31-19/h1-8,11-12H,9-10H2,(H,25,26)(H,27,28). The Bertz CT molecular complexity index is 1480. The van der Waals surface area contributed by atoms with Gasteiger partial charge in [-0.05, 0) is 42.5 Å². The first-order valence-corrected chi connectivity index (χ1v) is 11.7. The average Bonchev–Trinajstić information content (AvgIpc) is 2.81. The number of fused-ring (bicyclic) bond motifs is 2. The zero-order valence-corrected chi connectivity index (χ0v) is 18.5. The molecule has 0 fully saturated rings. The number of nitrogens with zero attached hydrogens (tertiary/aromatic N) is 2. The van der Waals surface area contributed by atoms with Gasteiger partial charge in [-0.3, -0.25) is 4.72 Å². The molecule has 1 aliphatic heterocycles. The molecule has 3 aromatic carbocycles. The Labute approximate surface area is 193 Å². The quantitative estimate of drug-likeness (QED) is 0.420. The Morgan fingerprint density at radius 2 is 1.58 bits per heavy atom. The first kappa shape index (κ1) is 21.2. The lowest BCUT2D eigenvalue weighted by Gasteiger charge is -2.19. The van der Waals surface area contributed by atoms with Crippen LogP contribution in [0.5, 0.6) is 11.5 Å². The fourth-order valence-corrected chi connectivity index (χ4v) is 4.45. The predicted molar refractivity (Wildman–Crippen MR) is 122 cm³/mol. The molecule has 0 saturated carbocycles. The third-order valence-electron chi connectivity index (χ3n) is 4.81. The summed E-state index contributed by atoms with van der Waals surface area (Å²) in [6, 6.07) is 15.4. The summed E-state index contributed by atoms with van der Waals surface area (Å²) in [5.41, 5.74) is 1.43. The Morgan fingerprint density at radius 1 is 0.879 bits per heavy atom. The van der Waals surface area contributed by atoms with Crippen LogP contribution in [-0.2, 0) is 10.0 Å². The predicted octanol–water partition coefficient (Wildman–Crippen LogP) is 4.74. The number of hydrogen-bond acceptors (Lipinski definition) is 7. The lowest BCUT2D eigenvalue weighted by molar-refractivity contribution is 0.171. The summed E-state index contributed by atoms with van der Waals surface area (Å²) in [6.07, 6.45) is 0. The van der Waals surface area contributed by atoms with Gasteiger partial charge in [-0.15, -0.1) is 0 Å². The maximum Gasteiger partial charge on any atom is 0.263 e. The molecule has 1 aliphatic rings. The summed E-state index contributed by atoms with van der Waals surface area (Å²) >= 11 is 5.87. The van der Waals surface area contributed by atoms with Crippen LogP contribution in [0.25, 0.3) is 11.0 Å². The molecule has 8 nitrogen and oxygen atoms in total. The molecule has 11 heteroatoms. The summed E-state index contributed by atoms with van der Waals surface area (Å²) in [7, 11) is -4.06. The van der Waals surface area contributed by atoms with Crippen molar-refractivity contribution in [2.75, 3.05) is 23.3 Å². The van der Waals surface area contributed by atoms with Crippen LogP contribution in [-0.4, -0.2) is 31.6 Å². The largest absolute Gasteiger partial charge is 0.486 e. The highest BCUT2D eigenvalue weighted by atomic mass is 35.5. The molecule has 168 valence electrons. The number of hydrogen-bond donors (Lipinski definition) is 2. The fourth-order valence-electron chi connectivity index (χ4n) is 3.25. The number of benzene rings is 3. The molecule has 33 heavy (non-hydrogen) atoms. The van der Waals surface area contributed by atoms with E-state index in [9.17, 15) is 12.8 Å². The third-order valence-corrected chi connectivity index (χ3v) is 6.43. The summed E-state index contributed by atoms with van der Waals surface area (Å²) in [5.74, 6) is 0.321. The molecule has 5 rings (SSSR count). The van der Waals surface area contributed by atoms with Gasteiger partial charge in [0.2, 0.25) is 0 Å². The number of rotatable bonds is 5. The Hall–Kier alpha value is -3.63. The van der Waals surface area contributed by atoms with Crippen molar-refractivity contribution in [3.8, 4) is 11.5 Å². The minimum atomic E-state index is -4.06. The van der Waals surface area contributed by atoms with E-state index < -0.39 is 15.8 Å². The lowest BCUT2D eigenvalue weighted by Crippen LogP contribution is -2.18. The molecule has 2 heterocycles. The molecule has 0 atom stereocenters. The third kappa shape index (κ3) is 4.35. The van der Waals surface area contributed by atoms with Gasteiger partial charge in [-0.1, -0.05) is 23.7 Å². The van der Waals surface area contributed by atoms with Gasteiger partial charge in [-0.25, -0.2) is 22.8 Å². The molecule has 4 aromatic rings. The first-order chi connectivity index (χ1) is 15.9. The highest BCUT2D eigenvalue weighted by Crippen LogP contribution is 2.34. The van der Waals surface area contributed by atoms with Crippen molar-refractivity contribution < 1.29 is 22.3 Å². The molecule has 0 radical (unpaired) electrons. The Morgan fingerprint density at radius 3 is 2.30 bits per heavy atom. The molecule has 0 amide bonds. The number of aromatic nitrogens is 2. The van der Waals surface area contributed by atoms with E-state index in [2.05, 4.69) is 20.0 Å². The smallest absolute Gasteiger partial charge is 0.263 e. The van der Waals surface area contributed by atoms with Crippen LogP contribution in [0.3, 0.4) is 0 Å². The maximum atomic E-state index is 13.6. The van der Waals surface area contributed by atoms with Crippen LogP contribution >= 0.6 is 11.6 Å². The average molecular weight is 487 g/mol. The van der Waals surface area contributed by atoms with E-state index in [1.807, 2.05) is 0 Å². The van der Waals surface area contributed by atoms with E-state index >= 15 is 0 Å². The van der Waals surface area contributed by atoms with E-state index in [1.54, 1.807) is 24.3 Å². The molecule has 0 bridgehead atoms. The summed E-state index contributed by atoms with van der Waals surface area (Å²) in [5, 5.41) is 2.87. The Balaban J connectivity index is 1.54. The highest BCUT2D eigenvalue weighted by Gasteiger charge is 2.22. The lowest BCUT2D eigenvalue weighted by atomic mass is 10.3. The van der Waals surface area contributed by atoms with Gasteiger partial charge in [0.25, 0.3) is 10.0 Å². The number of sulfonamides is 1. The number of anilines is 3. The normalized spacial score (nSPS) is 13.0.